The maximum Gasteiger partial charge on any atom is 0.247 e. The zero-order valence-corrected chi connectivity index (χ0v) is 18.8. The Morgan fingerprint density at radius 2 is 1.94 bits per heavy atom. The molecule has 2 aromatic carbocycles. The summed E-state index contributed by atoms with van der Waals surface area (Å²) in [5, 5.41) is 18.4. The van der Waals surface area contributed by atoms with Crippen LogP contribution in [0.1, 0.15) is 50.5 Å². The first-order chi connectivity index (χ1) is 15.7. The number of anilines is 1. The van der Waals surface area contributed by atoms with Crippen molar-refractivity contribution in [3.63, 3.8) is 0 Å². The number of thioether (sulfide) groups is 1. The van der Waals surface area contributed by atoms with E-state index >= 15 is 0 Å². The number of nitriles is 1. The molecule has 8 heteroatoms. The van der Waals surface area contributed by atoms with Gasteiger partial charge in [-0.3, -0.25) is 9.69 Å². The largest absolute Gasteiger partial charge is 0.447 e. The molecule has 0 spiro atoms. The Labute approximate surface area is 191 Å². The van der Waals surface area contributed by atoms with E-state index < -0.39 is 6.23 Å². The van der Waals surface area contributed by atoms with Crippen LogP contribution in [-0.2, 0) is 4.79 Å². The Hall–Kier alpha value is -3.44. The van der Waals surface area contributed by atoms with Crippen LogP contribution >= 0.6 is 11.8 Å². The number of benzene rings is 2. The molecule has 0 radical (unpaired) electrons. The van der Waals surface area contributed by atoms with Crippen molar-refractivity contribution in [2.45, 2.75) is 44.5 Å². The van der Waals surface area contributed by atoms with Crippen LogP contribution in [-0.4, -0.2) is 26.8 Å². The van der Waals surface area contributed by atoms with Crippen molar-refractivity contribution >= 4 is 23.4 Å². The van der Waals surface area contributed by atoms with Gasteiger partial charge in [0.25, 0.3) is 0 Å². The highest BCUT2D eigenvalue weighted by Crippen LogP contribution is 2.43. The van der Waals surface area contributed by atoms with E-state index in [1.807, 2.05) is 31.2 Å². The fraction of sp³-hybridized carbons (Fsp3) is 0.292. The van der Waals surface area contributed by atoms with Gasteiger partial charge in [0.2, 0.25) is 23.2 Å². The van der Waals surface area contributed by atoms with Crippen molar-refractivity contribution in [2.24, 2.45) is 0 Å². The van der Waals surface area contributed by atoms with Crippen molar-refractivity contribution in [2.75, 3.05) is 10.7 Å². The first-order valence-corrected chi connectivity index (χ1v) is 11.6. The highest BCUT2D eigenvalue weighted by atomic mass is 32.2. The number of fused-ring (bicyclic) bond motifs is 3. The smallest absolute Gasteiger partial charge is 0.247 e. The van der Waals surface area contributed by atoms with E-state index in [-0.39, 0.29) is 5.91 Å². The third-order valence-electron chi connectivity index (χ3n) is 5.14. The number of carbonyl (C=O) groups is 1. The van der Waals surface area contributed by atoms with Gasteiger partial charge in [-0.05, 0) is 24.6 Å². The van der Waals surface area contributed by atoms with E-state index in [1.54, 1.807) is 29.2 Å². The van der Waals surface area contributed by atoms with Crippen LogP contribution in [0.3, 0.4) is 0 Å². The zero-order chi connectivity index (χ0) is 22.5. The van der Waals surface area contributed by atoms with Gasteiger partial charge in [-0.2, -0.15) is 10.2 Å². The maximum absolute atomic E-state index is 13.1. The Morgan fingerprint density at radius 1 is 1.16 bits per heavy atom. The number of aromatic nitrogens is 3. The molecule has 162 valence electrons. The third-order valence-corrected chi connectivity index (χ3v) is 6.06. The predicted molar refractivity (Wildman–Crippen MR) is 123 cm³/mol. The Morgan fingerprint density at radius 3 is 2.66 bits per heavy atom. The second-order valence-corrected chi connectivity index (χ2v) is 8.35. The van der Waals surface area contributed by atoms with Crippen LogP contribution in [0.25, 0.3) is 11.3 Å². The Bertz CT molecular complexity index is 1160. The summed E-state index contributed by atoms with van der Waals surface area (Å²) < 4.78 is 6.38. The minimum atomic E-state index is -0.747. The van der Waals surface area contributed by atoms with Gasteiger partial charge in [0, 0.05) is 23.3 Å². The van der Waals surface area contributed by atoms with Crippen molar-refractivity contribution in [3.05, 3.63) is 59.7 Å². The summed E-state index contributed by atoms with van der Waals surface area (Å²) >= 11 is 1.54. The molecule has 1 aliphatic heterocycles. The van der Waals surface area contributed by atoms with E-state index in [1.165, 1.54) is 11.8 Å². The second kappa shape index (κ2) is 9.79. The average Bonchev–Trinajstić information content (AvgIpc) is 2.98. The molecule has 7 nitrogen and oxygen atoms in total. The van der Waals surface area contributed by atoms with E-state index in [9.17, 15) is 4.79 Å². The molecule has 0 saturated heterocycles. The summed E-state index contributed by atoms with van der Waals surface area (Å²) in [6.07, 6.45) is 1.70. The number of amides is 1. The molecule has 4 rings (SSSR count). The molecule has 0 aliphatic carbocycles. The Balaban J connectivity index is 1.85. The fourth-order valence-electron chi connectivity index (χ4n) is 3.46. The van der Waals surface area contributed by atoms with Crippen LogP contribution in [0.15, 0.2) is 53.7 Å². The zero-order valence-electron chi connectivity index (χ0n) is 18.0. The maximum atomic E-state index is 13.1. The van der Waals surface area contributed by atoms with Crippen LogP contribution in [0, 0.1) is 11.3 Å². The normalized spacial score (nSPS) is 14.5. The molecular weight excluding hydrogens is 422 g/mol. The van der Waals surface area contributed by atoms with Crippen LogP contribution in [0.4, 0.5) is 5.69 Å². The topological polar surface area (TPSA) is 92.0 Å². The molecule has 1 amide bonds. The van der Waals surface area contributed by atoms with Gasteiger partial charge < -0.3 is 4.74 Å². The standard InChI is InChI=1S/C24H23N5O2S/c1-3-5-14-32-24-26-22-21(27-28-24)18-8-6-7-9-19(18)29(20(30)4-2)23(31-22)17-12-10-16(15-25)11-13-17/h6-13,23H,3-5,14H2,1-2H3. The summed E-state index contributed by atoms with van der Waals surface area (Å²) in [7, 11) is 0. The summed E-state index contributed by atoms with van der Waals surface area (Å²) in [5.41, 5.74) is 3.22. The molecule has 3 aromatic rings. The molecule has 1 aromatic heterocycles. The number of hydrogen-bond donors (Lipinski definition) is 0. The van der Waals surface area contributed by atoms with E-state index in [0.717, 1.165) is 29.7 Å². The van der Waals surface area contributed by atoms with E-state index in [0.29, 0.717) is 34.4 Å². The number of carbonyl (C=O) groups excluding carboxylic acids is 1. The fourth-order valence-corrected chi connectivity index (χ4v) is 4.32. The molecule has 1 aliphatic rings. The summed E-state index contributed by atoms with van der Waals surface area (Å²) in [6.45, 7) is 3.96. The lowest BCUT2D eigenvalue weighted by Gasteiger charge is -2.30. The lowest BCUT2D eigenvalue weighted by molar-refractivity contribution is -0.120. The molecule has 0 saturated carbocycles. The summed E-state index contributed by atoms with van der Waals surface area (Å²) in [4.78, 5) is 19.4. The van der Waals surface area contributed by atoms with Crippen LogP contribution in [0.2, 0.25) is 0 Å². The molecule has 1 atom stereocenters. The SMILES string of the molecule is CCCCSc1nnc2c(n1)OC(c1ccc(C#N)cc1)N(C(=O)CC)c1ccccc1-2. The third kappa shape index (κ3) is 4.30. The monoisotopic (exact) mass is 445 g/mol. The minimum Gasteiger partial charge on any atom is -0.447 e. The van der Waals surface area contributed by atoms with E-state index in [2.05, 4.69) is 28.2 Å². The quantitative estimate of drug-likeness (QED) is 0.383. The van der Waals surface area contributed by atoms with Gasteiger partial charge >= 0.3 is 0 Å². The summed E-state index contributed by atoms with van der Waals surface area (Å²) in [5.74, 6) is 1.14. The van der Waals surface area contributed by atoms with Gasteiger partial charge in [0.15, 0.2) is 5.69 Å². The van der Waals surface area contributed by atoms with E-state index in [4.69, 9.17) is 10.00 Å². The highest BCUT2D eigenvalue weighted by Gasteiger charge is 2.35. The molecule has 32 heavy (non-hydrogen) atoms. The molecular formula is C24H23N5O2S. The molecule has 1 unspecified atom stereocenters. The van der Waals surface area contributed by atoms with Crippen LogP contribution < -0.4 is 9.64 Å². The van der Waals surface area contributed by atoms with Gasteiger partial charge in [0.05, 0.1) is 17.3 Å². The molecule has 0 N–H and O–H groups in total. The number of rotatable bonds is 6. The van der Waals surface area contributed by atoms with Gasteiger partial charge in [-0.25, -0.2) is 0 Å². The first kappa shape index (κ1) is 21.8. The van der Waals surface area contributed by atoms with Crippen molar-refractivity contribution in [1.29, 1.82) is 5.26 Å². The molecule has 0 fully saturated rings. The predicted octanol–water partition coefficient (Wildman–Crippen LogP) is 5.14. The average molecular weight is 446 g/mol. The van der Waals surface area contributed by atoms with Crippen LogP contribution in [0.5, 0.6) is 5.88 Å². The lowest BCUT2D eigenvalue weighted by atomic mass is 10.1. The summed E-state index contributed by atoms with van der Waals surface area (Å²) in [6, 6.07) is 16.7. The minimum absolute atomic E-state index is 0.0925. The molecule has 2 heterocycles. The number of para-hydroxylation sites is 1. The Kier molecular flexibility index (Phi) is 6.66. The van der Waals surface area contributed by atoms with Gasteiger partial charge in [-0.1, -0.05) is 62.4 Å². The molecule has 0 bridgehead atoms. The highest BCUT2D eigenvalue weighted by molar-refractivity contribution is 7.99. The van der Waals surface area contributed by atoms with Crippen molar-refractivity contribution < 1.29 is 9.53 Å². The number of unbranched alkanes of at least 4 members (excludes halogenated alkanes) is 1. The number of ether oxygens (including phenoxy) is 1. The van der Waals surface area contributed by atoms with Crippen molar-refractivity contribution in [1.82, 2.24) is 15.2 Å². The lowest BCUT2D eigenvalue weighted by Crippen LogP contribution is -2.37. The van der Waals surface area contributed by atoms with Gasteiger partial charge in [-0.15, -0.1) is 10.2 Å². The van der Waals surface area contributed by atoms with Crippen molar-refractivity contribution in [3.8, 4) is 23.2 Å². The second-order valence-electron chi connectivity index (χ2n) is 7.29. The van der Waals surface area contributed by atoms with Gasteiger partial charge in [0.1, 0.15) is 0 Å². The number of nitrogens with zero attached hydrogens (tertiary/aromatic N) is 5. The first-order valence-electron chi connectivity index (χ1n) is 10.6. The number of hydrogen-bond acceptors (Lipinski definition) is 7.